The minimum atomic E-state index is -0.501. The molecule has 0 radical (unpaired) electrons. The van der Waals surface area contributed by atoms with Crippen molar-refractivity contribution in [3.05, 3.63) is 0 Å². The zero-order valence-corrected chi connectivity index (χ0v) is 14.5. The maximum atomic E-state index is 12.9. The van der Waals surface area contributed by atoms with Crippen LogP contribution in [0, 0.1) is 23.2 Å². The average Bonchev–Trinajstić information content (AvgIpc) is 2.98. The minimum absolute atomic E-state index is 0.111. The van der Waals surface area contributed by atoms with Crippen LogP contribution < -0.4 is 10.6 Å². The Hall–Kier alpha value is -1.04. The lowest BCUT2D eigenvalue weighted by atomic mass is 9.49. The third-order valence-corrected chi connectivity index (χ3v) is 6.97. The molecule has 5 rings (SSSR count). The van der Waals surface area contributed by atoms with E-state index in [4.69, 9.17) is 0 Å². The summed E-state index contributed by atoms with van der Waals surface area (Å²) in [5, 5.41) is 6.50. The van der Waals surface area contributed by atoms with Gasteiger partial charge >= 0.3 is 0 Å². The highest BCUT2D eigenvalue weighted by molar-refractivity contribution is 8.14. The topological polar surface area (TPSA) is 70.6 Å². The van der Waals surface area contributed by atoms with Crippen molar-refractivity contribution < 1.29 is 9.59 Å². The van der Waals surface area contributed by atoms with E-state index in [0.29, 0.717) is 5.17 Å². The molecule has 1 aliphatic heterocycles. The Balaban J connectivity index is 1.38. The number of amidine groups is 1. The van der Waals surface area contributed by atoms with Gasteiger partial charge in [-0.15, -0.1) is 0 Å². The first-order chi connectivity index (χ1) is 11.0. The normalized spacial score (nSPS) is 39.0. The highest BCUT2D eigenvalue weighted by Gasteiger charge is 2.54. The number of rotatable bonds is 3. The number of amides is 2. The molecule has 5 aliphatic rings. The molecular weight excluding hydrogens is 310 g/mol. The molecule has 0 aromatic heterocycles. The van der Waals surface area contributed by atoms with Crippen LogP contribution in [0.1, 0.15) is 45.4 Å². The maximum absolute atomic E-state index is 12.9. The number of thioether (sulfide) groups is 1. The van der Waals surface area contributed by atoms with Gasteiger partial charge in [0.15, 0.2) is 5.17 Å². The quantitative estimate of drug-likeness (QED) is 0.828. The van der Waals surface area contributed by atoms with E-state index in [0.717, 1.165) is 49.3 Å². The van der Waals surface area contributed by atoms with Crippen LogP contribution in [0.3, 0.4) is 0 Å². The van der Waals surface area contributed by atoms with Crippen LogP contribution in [-0.2, 0) is 9.59 Å². The molecule has 4 aliphatic carbocycles. The lowest BCUT2D eigenvalue weighted by molar-refractivity contribution is -0.148. The predicted molar refractivity (Wildman–Crippen MR) is 91.1 cm³/mol. The standard InChI is InChI=1S/C17H25N3O2S/c1-10(14(21)20-16-18-2-3-23-16)19-15(22)17-7-11-4-12(8-17)6-13(5-11)9-17/h10-13H,2-9H2,1H3,(H,19,22)(H,18,20,21)/t10-,11?,12?,13?,17?/m1/s1. The first-order valence-electron chi connectivity index (χ1n) is 8.83. The van der Waals surface area contributed by atoms with E-state index in [1.807, 2.05) is 0 Å². The van der Waals surface area contributed by atoms with Crippen LogP contribution >= 0.6 is 11.8 Å². The number of hydrogen-bond acceptors (Lipinski definition) is 4. The lowest BCUT2D eigenvalue weighted by Gasteiger charge is -2.55. The number of carbonyl (C=O) groups is 2. The molecule has 0 aromatic rings. The van der Waals surface area contributed by atoms with E-state index in [-0.39, 0.29) is 17.2 Å². The van der Waals surface area contributed by atoms with Crippen LogP contribution in [-0.4, -0.2) is 35.3 Å². The van der Waals surface area contributed by atoms with Gasteiger partial charge in [0.1, 0.15) is 6.04 Å². The first kappa shape index (κ1) is 15.5. The van der Waals surface area contributed by atoms with E-state index in [9.17, 15) is 9.59 Å². The summed E-state index contributed by atoms with van der Waals surface area (Å²) in [6.45, 7) is 2.53. The Bertz CT molecular complexity index is 525. The first-order valence-corrected chi connectivity index (χ1v) is 9.82. The molecule has 1 heterocycles. The third-order valence-electron chi connectivity index (χ3n) is 6.08. The van der Waals surface area contributed by atoms with E-state index in [2.05, 4.69) is 15.6 Å². The second kappa shape index (κ2) is 5.80. The van der Waals surface area contributed by atoms with E-state index >= 15 is 0 Å². The van der Waals surface area contributed by atoms with E-state index in [1.54, 1.807) is 18.7 Å². The van der Waals surface area contributed by atoms with Gasteiger partial charge in [-0.05, 0) is 63.2 Å². The smallest absolute Gasteiger partial charge is 0.248 e. The van der Waals surface area contributed by atoms with E-state index in [1.165, 1.54) is 19.3 Å². The van der Waals surface area contributed by atoms with Gasteiger partial charge in [0, 0.05) is 11.2 Å². The molecule has 23 heavy (non-hydrogen) atoms. The fourth-order valence-corrected chi connectivity index (χ4v) is 6.16. The molecule has 0 saturated heterocycles. The Morgan fingerprint density at radius 3 is 2.30 bits per heavy atom. The third kappa shape index (κ3) is 2.90. The molecule has 0 spiro atoms. The van der Waals surface area contributed by atoms with Gasteiger partial charge in [0.05, 0.1) is 6.54 Å². The predicted octanol–water partition coefficient (Wildman–Crippen LogP) is 1.93. The molecule has 0 unspecified atom stereocenters. The largest absolute Gasteiger partial charge is 0.344 e. The van der Waals surface area contributed by atoms with Crippen molar-refractivity contribution >= 4 is 28.7 Å². The monoisotopic (exact) mass is 335 g/mol. The van der Waals surface area contributed by atoms with Crippen LogP contribution in [0.15, 0.2) is 4.99 Å². The molecular formula is C17H25N3O2S. The molecule has 4 fully saturated rings. The van der Waals surface area contributed by atoms with Gasteiger partial charge in [-0.25, -0.2) is 0 Å². The van der Waals surface area contributed by atoms with Crippen molar-refractivity contribution in [2.45, 2.75) is 51.5 Å². The van der Waals surface area contributed by atoms with Crippen molar-refractivity contribution in [3.8, 4) is 0 Å². The summed E-state index contributed by atoms with van der Waals surface area (Å²) in [7, 11) is 0. The molecule has 2 amide bonds. The Labute approximate surface area is 141 Å². The molecule has 4 saturated carbocycles. The van der Waals surface area contributed by atoms with Crippen molar-refractivity contribution in [1.82, 2.24) is 10.6 Å². The van der Waals surface area contributed by atoms with Crippen molar-refractivity contribution in [2.24, 2.45) is 28.2 Å². The lowest BCUT2D eigenvalue weighted by Crippen LogP contribution is -2.56. The van der Waals surface area contributed by atoms with Crippen molar-refractivity contribution in [2.75, 3.05) is 12.3 Å². The van der Waals surface area contributed by atoms with Gasteiger partial charge in [0.25, 0.3) is 0 Å². The molecule has 1 atom stereocenters. The average molecular weight is 335 g/mol. The molecule has 6 heteroatoms. The second-order valence-corrected chi connectivity index (χ2v) is 9.00. The van der Waals surface area contributed by atoms with Crippen LogP contribution in [0.2, 0.25) is 0 Å². The minimum Gasteiger partial charge on any atom is -0.344 e. The van der Waals surface area contributed by atoms with Crippen LogP contribution in [0.5, 0.6) is 0 Å². The summed E-state index contributed by atoms with van der Waals surface area (Å²) in [6, 6.07) is -0.501. The molecule has 2 N–H and O–H groups in total. The van der Waals surface area contributed by atoms with Crippen LogP contribution in [0.4, 0.5) is 0 Å². The maximum Gasteiger partial charge on any atom is 0.248 e. The molecule has 4 bridgehead atoms. The Morgan fingerprint density at radius 2 is 1.78 bits per heavy atom. The SMILES string of the molecule is C[C@@H](NC(=O)C12CC3CC(CC(C3)C1)C2)C(=O)NC1=NCCS1. The molecule has 5 nitrogen and oxygen atoms in total. The van der Waals surface area contributed by atoms with Crippen molar-refractivity contribution in [1.29, 1.82) is 0 Å². The zero-order chi connectivity index (χ0) is 16.0. The summed E-state index contributed by atoms with van der Waals surface area (Å²) >= 11 is 1.56. The van der Waals surface area contributed by atoms with Gasteiger partial charge in [0.2, 0.25) is 11.8 Å². The molecule has 126 valence electrons. The number of carbonyl (C=O) groups excluding carboxylic acids is 2. The summed E-state index contributed by atoms with van der Waals surface area (Å²) in [5.41, 5.74) is -0.192. The van der Waals surface area contributed by atoms with Gasteiger partial charge in [-0.2, -0.15) is 0 Å². The number of hydrogen-bond donors (Lipinski definition) is 2. The number of nitrogens with zero attached hydrogens (tertiary/aromatic N) is 1. The van der Waals surface area contributed by atoms with Gasteiger partial charge in [-0.3, -0.25) is 14.6 Å². The number of nitrogens with one attached hydrogen (secondary N) is 2. The summed E-state index contributed by atoms with van der Waals surface area (Å²) < 4.78 is 0. The summed E-state index contributed by atoms with van der Waals surface area (Å²) in [5.74, 6) is 3.08. The Kier molecular flexibility index (Phi) is 3.90. The fraction of sp³-hybridized carbons (Fsp3) is 0.824. The second-order valence-electron chi connectivity index (χ2n) is 7.92. The summed E-state index contributed by atoms with van der Waals surface area (Å²) in [6.07, 6.45) is 7.05. The van der Waals surface area contributed by atoms with Gasteiger partial charge in [-0.1, -0.05) is 11.8 Å². The van der Waals surface area contributed by atoms with Crippen LogP contribution in [0.25, 0.3) is 0 Å². The fourth-order valence-electron chi connectivity index (χ4n) is 5.43. The van der Waals surface area contributed by atoms with E-state index < -0.39 is 6.04 Å². The summed E-state index contributed by atoms with van der Waals surface area (Å²) in [4.78, 5) is 29.4. The zero-order valence-electron chi connectivity index (χ0n) is 13.6. The molecule has 0 aromatic carbocycles. The highest BCUT2D eigenvalue weighted by Crippen LogP contribution is 2.60. The highest BCUT2D eigenvalue weighted by atomic mass is 32.2. The van der Waals surface area contributed by atoms with Crippen molar-refractivity contribution in [3.63, 3.8) is 0 Å². The van der Waals surface area contributed by atoms with Gasteiger partial charge < -0.3 is 10.6 Å². The number of aliphatic imine (C=N–C) groups is 1. The Morgan fingerprint density at radius 1 is 1.17 bits per heavy atom.